The van der Waals surface area contributed by atoms with Crippen molar-refractivity contribution in [3.05, 3.63) is 56.2 Å². The van der Waals surface area contributed by atoms with Crippen molar-refractivity contribution in [3.8, 4) is 11.5 Å². The summed E-state index contributed by atoms with van der Waals surface area (Å²) in [6.45, 7) is 9.07. The lowest BCUT2D eigenvalue weighted by Gasteiger charge is -2.13. The molecule has 0 saturated carbocycles. The Morgan fingerprint density at radius 2 is 1.85 bits per heavy atom. The first kappa shape index (κ1) is 21.2. The van der Waals surface area contributed by atoms with Gasteiger partial charge in [-0.3, -0.25) is 4.79 Å². The van der Waals surface area contributed by atoms with E-state index in [0.717, 1.165) is 20.4 Å². The predicted octanol–water partition coefficient (Wildman–Crippen LogP) is 4.40. The van der Waals surface area contributed by atoms with Crippen LogP contribution in [0.1, 0.15) is 36.1 Å². The average molecular weight is 480 g/mol. The number of hydrogen-bond acceptors (Lipinski definition) is 4. The van der Waals surface area contributed by atoms with Crippen LogP contribution in [0, 0.1) is 17.4 Å². The van der Waals surface area contributed by atoms with Crippen LogP contribution in [0.2, 0.25) is 0 Å². The number of carbonyl (C=O) groups is 1. The van der Waals surface area contributed by atoms with Crippen molar-refractivity contribution in [2.24, 2.45) is 5.10 Å². The number of benzene rings is 2. The summed E-state index contributed by atoms with van der Waals surface area (Å²) in [5, 5.41) is 4.07. The molecule has 27 heavy (non-hydrogen) atoms. The monoisotopic (exact) mass is 480 g/mol. The van der Waals surface area contributed by atoms with Gasteiger partial charge in [-0.15, -0.1) is 0 Å². The summed E-state index contributed by atoms with van der Waals surface area (Å²) < 4.78 is 12.2. The van der Waals surface area contributed by atoms with Crippen LogP contribution in [-0.2, 0) is 11.2 Å². The number of nitrogens with zero attached hydrogens (tertiary/aromatic N) is 1. The molecule has 1 amide bonds. The Morgan fingerprint density at radius 3 is 2.52 bits per heavy atom. The third-order valence-corrected chi connectivity index (χ3v) is 4.76. The zero-order chi connectivity index (χ0) is 19.8. The Kier molecular flexibility index (Phi) is 8.09. The number of hydrazone groups is 1. The van der Waals surface area contributed by atoms with Gasteiger partial charge < -0.3 is 9.47 Å². The van der Waals surface area contributed by atoms with Crippen LogP contribution in [0.5, 0.6) is 11.5 Å². The van der Waals surface area contributed by atoms with Gasteiger partial charge in [0.1, 0.15) is 0 Å². The molecule has 0 spiro atoms. The maximum Gasteiger partial charge on any atom is 0.244 e. The first-order valence-electron chi connectivity index (χ1n) is 8.91. The van der Waals surface area contributed by atoms with Crippen LogP contribution in [0.4, 0.5) is 0 Å². The van der Waals surface area contributed by atoms with Gasteiger partial charge in [-0.2, -0.15) is 5.10 Å². The summed E-state index contributed by atoms with van der Waals surface area (Å²) in [4.78, 5) is 12.1. The minimum atomic E-state index is -0.153. The van der Waals surface area contributed by atoms with Crippen LogP contribution >= 0.6 is 22.6 Å². The number of nitrogens with one attached hydrogen (secondary N) is 1. The molecule has 0 atom stereocenters. The Labute approximate surface area is 174 Å². The van der Waals surface area contributed by atoms with Crippen molar-refractivity contribution < 1.29 is 14.3 Å². The van der Waals surface area contributed by atoms with E-state index in [-0.39, 0.29) is 5.91 Å². The summed E-state index contributed by atoms with van der Waals surface area (Å²) in [5.41, 5.74) is 6.78. The Bertz CT molecular complexity index is 834. The highest BCUT2D eigenvalue weighted by atomic mass is 127. The summed E-state index contributed by atoms with van der Waals surface area (Å²) in [6, 6.07) is 9.82. The van der Waals surface area contributed by atoms with Gasteiger partial charge in [0.25, 0.3) is 0 Å². The van der Waals surface area contributed by atoms with Gasteiger partial charge in [0, 0.05) is 0 Å². The van der Waals surface area contributed by atoms with Gasteiger partial charge in [-0.1, -0.05) is 18.2 Å². The molecule has 6 heteroatoms. The molecular formula is C21H25IN2O3. The Balaban J connectivity index is 2.04. The molecule has 0 fully saturated rings. The molecule has 0 heterocycles. The van der Waals surface area contributed by atoms with Gasteiger partial charge >= 0.3 is 0 Å². The van der Waals surface area contributed by atoms with Crippen molar-refractivity contribution in [1.29, 1.82) is 0 Å². The van der Waals surface area contributed by atoms with Crippen LogP contribution in [0.15, 0.2) is 35.4 Å². The molecule has 0 unspecified atom stereocenters. The maximum absolute atomic E-state index is 12.1. The maximum atomic E-state index is 12.1. The normalized spacial score (nSPS) is 10.9. The summed E-state index contributed by atoms with van der Waals surface area (Å²) in [5.74, 6) is 1.25. The quantitative estimate of drug-likeness (QED) is 0.346. The highest BCUT2D eigenvalue weighted by Crippen LogP contribution is 2.33. The van der Waals surface area contributed by atoms with Gasteiger partial charge in [0.05, 0.1) is 29.4 Å². The molecule has 0 radical (unpaired) electrons. The molecule has 0 saturated heterocycles. The van der Waals surface area contributed by atoms with Gasteiger partial charge in [-0.25, -0.2) is 5.43 Å². The fourth-order valence-electron chi connectivity index (χ4n) is 2.53. The number of amides is 1. The third kappa shape index (κ3) is 6.23. The first-order chi connectivity index (χ1) is 12.9. The molecule has 0 aliphatic heterocycles. The lowest BCUT2D eigenvalue weighted by atomic mass is 10.0. The van der Waals surface area contributed by atoms with E-state index in [0.29, 0.717) is 25.4 Å². The van der Waals surface area contributed by atoms with E-state index in [1.165, 1.54) is 11.1 Å². The molecule has 0 aliphatic rings. The van der Waals surface area contributed by atoms with Crippen molar-refractivity contribution in [2.75, 3.05) is 13.2 Å². The van der Waals surface area contributed by atoms with E-state index in [1.807, 2.05) is 51.1 Å². The van der Waals surface area contributed by atoms with Gasteiger partial charge in [-0.05, 0) is 84.7 Å². The van der Waals surface area contributed by atoms with Crippen LogP contribution < -0.4 is 14.9 Å². The Hall–Kier alpha value is -2.09. The minimum absolute atomic E-state index is 0.153. The summed E-state index contributed by atoms with van der Waals surface area (Å²) >= 11 is 2.21. The number of ether oxygens (including phenoxy) is 2. The first-order valence-corrected chi connectivity index (χ1v) is 9.99. The standard InChI is InChI=1S/C21H25IN2O3/c1-5-26-19-11-17(10-18(22)21(19)27-6-2)13-23-24-20(25)12-16-8-7-14(3)15(4)9-16/h7-11,13H,5-6,12H2,1-4H3,(H,24,25). The average Bonchev–Trinajstić information content (AvgIpc) is 2.61. The van der Waals surface area contributed by atoms with Crippen LogP contribution in [0.3, 0.4) is 0 Å². The molecule has 0 aliphatic carbocycles. The molecule has 0 aromatic heterocycles. The van der Waals surface area contributed by atoms with Crippen molar-refractivity contribution >= 4 is 34.7 Å². The van der Waals surface area contributed by atoms with Crippen LogP contribution in [0.25, 0.3) is 0 Å². The van der Waals surface area contributed by atoms with Crippen molar-refractivity contribution in [3.63, 3.8) is 0 Å². The molecule has 144 valence electrons. The number of hydrogen-bond donors (Lipinski definition) is 1. The zero-order valence-electron chi connectivity index (χ0n) is 16.1. The Morgan fingerprint density at radius 1 is 1.11 bits per heavy atom. The molecule has 2 aromatic carbocycles. The molecular weight excluding hydrogens is 455 g/mol. The van der Waals surface area contributed by atoms with E-state index < -0.39 is 0 Å². The van der Waals surface area contributed by atoms with E-state index >= 15 is 0 Å². The predicted molar refractivity (Wildman–Crippen MR) is 117 cm³/mol. The second kappa shape index (κ2) is 10.3. The zero-order valence-corrected chi connectivity index (χ0v) is 18.3. The lowest BCUT2D eigenvalue weighted by Crippen LogP contribution is -2.19. The topological polar surface area (TPSA) is 59.9 Å². The van der Waals surface area contributed by atoms with Crippen LogP contribution in [-0.4, -0.2) is 25.3 Å². The van der Waals surface area contributed by atoms with Crippen molar-refractivity contribution in [2.45, 2.75) is 34.1 Å². The fourth-order valence-corrected chi connectivity index (χ4v) is 3.31. The van der Waals surface area contributed by atoms with E-state index in [2.05, 4.69) is 40.0 Å². The second-order valence-corrected chi connectivity index (χ2v) is 7.25. The van der Waals surface area contributed by atoms with Crippen molar-refractivity contribution in [1.82, 2.24) is 5.43 Å². The molecule has 1 N–H and O–H groups in total. The molecule has 0 bridgehead atoms. The highest BCUT2D eigenvalue weighted by Gasteiger charge is 2.11. The SMILES string of the molecule is CCOc1cc(C=NNC(=O)Cc2ccc(C)c(C)c2)cc(I)c1OCC. The molecule has 5 nitrogen and oxygen atoms in total. The molecule has 2 aromatic rings. The smallest absolute Gasteiger partial charge is 0.244 e. The summed E-state index contributed by atoms with van der Waals surface area (Å²) in [6.07, 6.45) is 1.90. The number of halogens is 1. The van der Waals surface area contributed by atoms with Gasteiger partial charge in [0.2, 0.25) is 5.91 Å². The fraction of sp³-hybridized carbons (Fsp3) is 0.333. The third-order valence-electron chi connectivity index (χ3n) is 3.96. The molecule has 2 rings (SSSR count). The second-order valence-electron chi connectivity index (χ2n) is 6.08. The highest BCUT2D eigenvalue weighted by molar-refractivity contribution is 14.1. The number of rotatable bonds is 8. The van der Waals surface area contributed by atoms with Gasteiger partial charge in [0.15, 0.2) is 11.5 Å². The minimum Gasteiger partial charge on any atom is -0.490 e. The van der Waals surface area contributed by atoms with E-state index in [9.17, 15) is 4.79 Å². The van der Waals surface area contributed by atoms with E-state index in [1.54, 1.807) is 6.21 Å². The van der Waals surface area contributed by atoms with E-state index in [4.69, 9.17) is 9.47 Å². The lowest BCUT2D eigenvalue weighted by molar-refractivity contribution is -0.120. The largest absolute Gasteiger partial charge is 0.490 e. The summed E-state index contributed by atoms with van der Waals surface area (Å²) in [7, 11) is 0. The number of aryl methyl sites for hydroxylation is 2. The number of carbonyl (C=O) groups excluding carboxylic acids is 1.